The van der Waals surface area contributed by atoms with Crippen LogP contribution in [0.2, 0.25) is 0 Å². The lowest BCUT2D eigenvalue weighted by molar-refractivity contribution is 0.415. The van der Waals surface area contributed by atoms with Gasteiger partial charge in [-0.3, -0.25) is 0 Å². The summed E-state index contributed by atoms with van der Waals surface area (Å²) < 4.78 is 5.21. The maximum atomic E-state index is 5.21. The molecule has 0 unspecified atom stereocenters. The number of hydrogen-bond acceptors (Lipinski definition) is 4. The summed E-state index contributed by atoms with van der Waals surface area (Å²) in [6.07, 6.45) is 0. The van der Waals surface area contributed by atoms with Crippen LogP contribution in [0.4, 0.5) is 5.69 Å². The molecule has 1 heterocycles. The van der Waals surface area contributed by atoms with E-state index in [0.29, 0.717) is 0 Å². The molecule has 1 saturated heterocycles. The van der Waals surface area contributed by atoms with Crippen molar-refractivity contribution in [2.75, 3.05) is 28.8 Å². The Morgan fingerprint density at radius 2 is 2.07 bits per heavy atom. The fourth-order valence-electron chi connectivity index (χ4n) is 1.35. The highest BCUT2D eigenvalue weighted by Crippen LogP contribution is 2.29. The van der Waals surface area contributed by atoms with E-state index in [-0.39, 0.29) is 0 Å². The van der Waals surface area contributed by atoms with E-state index in [4.69, 9.17) is 4.74 Å². The molecule has 14 heavy (non-hydrogen) atoms. The smallest absolute Gasteiger partial charge is 0.120 e. The van der Waals surface area contributed by atoms with E-state index < -0.39 is 0 Å². The van der Waals surface area contributed by atoms with E-state index in [2.05, 4.69) is 17.0 Å². The minimum atomic E-state index is 0.933. The molecule has 76 valence electrons. The third kappa shape index (κ3) is 2.30. The Balaban J connectivity index is 2.13. The van der Waals surface area contributed by atoms with Crippen molar-refractivity contribution in [3.63, 3.8) is 0 Å². The fourth-order valence-corrected chi connectivity index (χ4v) is 3.45. The van der Waals surface area contributed by atoms with Crippen LogP contribution in [0.15, 0.2) is 24.3 Å². The highest BCUT2D eigenvalue weighted by atomic mass is 32.2. The standard InChI is InChI=1S/C10H13NOS2/c1-12-10-4-2-3-9(5-10)11-6-13-8-14-7-11/h2-5H,6-8H2,1H3. The van der Waals surface area contributed by atoms with Gasteiger partial charge in [-0.1, -0.05) is 6.07 Å². The summed E-state index contributed by atoms with van der Waals surface area (Å²) in [5, 5.41) is 1.21. The SMILES string of the molecule is COc1cccc(N2CSCSC2)c1. The molecule has 0 saturated carbocycles. The second-order valence-electron chi connectivity index (χ2n) is 3.03. The summed E-state index contributed by atoms with van der Waals surface area (Å²) in [6, 6.07) is 8.24. The Labute approximate surface area is 93.0 Å². The highest BCUT2D eigenvalue weighted by molar-refractivity contribution is 8.16. The van der Waals surface area contributed by atoms with Gasteiger partial charge in [0.15, 0.2) is 0 Å². The number of anilines is 1. The molecule has 2 rings (SSSR count). The van der Waals surface area contributed by atoms with Crippen LogP contribution in [0.5, 0.6) is 5.75 Å². The molecule has 0 spiro atoms. The molecule has 1 aromatic rings. The number of ether oxygens (including phenoxy) is 1. The fraction of sp³-hybridized carbons (Fsp3) is 0.400. The number of nitrogens with zero attached hydrogens (tertiary/aromatic N) is 1. The van der Waals surface area contributed by atoms with Crippen molar-refractivity contribution in [2.24, 2.45) is 0 Å². The molecule has 2 nitrogen and oxygen atoms in total. The number of hydrogen-bond donors (Lipinski definition) is 0. The Morgan fingerprint density at radius 1 is 1.29 bits per heavy atom. The number of methoxy groups -OCH3 is 1. The first-order valence-corrected chi connectivity index (χ1v) is 6.75. The first-order valence-electron chi connectivity index (χ1n) is 4.44. The predicted octanol–water partition coefficient (Wildman–Crippen LogP) is 2.85. The molecule has 0 atom stereocenters. The van der Waals surface area contributed by atoms with Gasteiger partial charge in [-0.2, -0.15) is 0 Å². The van der Waals surface area contributed by atoms with Crippen molar-refractivity contribution in [2.45, 2.75) is 0 Å². The molecule has 1 aliphatic rings. The summed E-state index contributed by atoms with van der Waals surface area (Å²) >= 11 is 3.92. The van der Waals surface area contributed by atoms with E-state index in [1.165, 1.54) is 10.8 Å². The molecule has 4 heteroatoms. The van der Waals surface area contributed by atoms with E-state index in [1.807, 2.05) is 35.7 Å². The second kappa shape index (κ2) is 4.84. The lowest BCUT2D eigenvalue weighted by atomic mass is 10.3. The first kappa shape index (κ1) is 10.1. The van der Waals surface area contributed by atoms with Crippen molar-refractivity contribution in [1.29, 1.82) is 0 Å². The van der Waals surface area contributed by atoms with Gasteiger partial charge >= 0.3 is 0 Å². The quantitative estimate of drug-likeness (QED) is 0.770. The largest absolute Gasteiger partial charge is 0.497 e. The van der Waals surface area contributed by atoms with E-state index in [0.717, 1.165) is 17.5 Å². The molecule has 0 radical (unpaired) electrons. The molecule has 1 aliphatic heterocycles. The van der Waals surface area contributed by atoms with Crippen LogP contribution < -0.4 is 9.64 Å². The van der Waals surface area contributed by atoms with Crippen LogP contribution in [0.25, 0.3) is 0 Å². The Hall–Kier alpha value is -0.480. The van der Waals surface area contributed by atoms with Crippen molar-refractivity contribution < 1.29 is 4.74 Å². The lowest BCUT2D eigenvalue weighted by Crippen LogP contribution is -2.25. The van der Waals surface area contributed by atoms with Crippen LogP contribution in [-0.2, 0) is 0 Å². The minimum absolute atomic E-state index is 0.933. The Bertz CT molecular complexity index is 300. The third-order valence-electron chi connectivity index (χ3n) is 2.08. The van der Waals surface area contributed by atoms with Gasteiger partial charge in [0.05, 0.1) is 18.9 Å². The predicted molar refractivity (Wildman–Crippen MR) is 65.3 cm³/mol. The lowest BCUT2D eigenvalue weighted by Gasteiger charge is -2.27. The van der Waals surface area contributed by atoms with Crippen molar-refractivity contribution >= 4 is 29.2 Å². The van der Waals surface area contributed by atoms with Crippen LogP contribution >= 0.6 is 23.5 Å². The van der Waals surface area contributed by atoms with Gasteiger partial charge in [-0.25, -0.2) is 0 Å². The average molecular weight is 227 g/mol. The van der Waals surface area contributed by atoms with Crippen molar-refractivity contribution in [1.82, 2.24) is 0 Å². The van der Waals surface area contributed by atoms with Crippen molar-refractivity contribution in [3.05, 3.63) is 24.3 Å². The normalized spacial score (nSPS) is 16.8. The molecule has 0 bridgehead atoms. The van der Waals surface area contributed by atoms with Gasteiger partial charge in [0, 0.05) is 16.8 Å². The number of rotatable bonds is 2. The van der Waals surface area contributed by atoms with Crippen LogP contribution in [0, 0.1) is 0 Å². The minimum Gasteiger partial charge on any atom is -0.497 e. The monoisotopic (exact) mass is 227 g/mol. The van der Waals surface area contributed by atoms with Crippen LogP contribution in [-0.4, -0.2) is 23.9 Å². The van der Waals surface area contributed by atoms with E-state index in [1.54, 1.807) is 7.11 Å². The topological polar surface area (TPSA) is 12.5 Å². The molecule has 0 aliphatic carbocycles. The molecular weight excluding hydrogens is 214 g/mol. The molecule has 0 amide bonds. The van der Waals surface area contributed by atoms with Crippen LogP contribution in [0.3, 0.4) is 0 Å². The summed E-state index contributed by atoms with van der Waals surface area (Å²) in [7, 11) is 1.71. The Morgan fingerprint density at radius 3 is 2.79 bits per heavy atom. The van der Waals surface area contributed by atoms with E-state index >= 15 is 0 Å². The van der Waals surface area contributed by atoms with Gasteiger partial charge in [-0.05, 0) is 12.1 Å². The summed E-state index contributed by atoms with van der Waals surface area (Å²) in [6.45, 7) is 0. The van der Waals surface area contributed by atoms with Gasteiger partial charge in [0.1, 0.15) is 5.75 Å². The Kier molecular flexibility index (Phi) is 3.48. The molecule has 0 N–H and O–H groups in total. The average Bonchev–Trinajstić information content (AvgIpc) is 2.30. The van der Waals surface area contributed by atoms with Gasteiger partial charge in [0.2, 0.25) is 0 Å². The molecular formula is C10H13NOS2. The summed E-state index contributed by atoms with van der Waals surface area (Å²) in [5.74, 6) is 3.10. The van der Waals surface area contributed by atoms with Crippen molar-refractivity contribution in [3.8, 4) is 5.75 Å². The van der Waals surface area contributed by atoms with Gasteiger partial charge in [-0.15, -0.1) is 23.5 Å². The maximum Gasteiger partial charge on any atom is 0.120 e. The first-order chi connectivity index (χ1) is 6.90. The summed E-state index contributed by atoms with van der Waals surface area (Å²) in [5.41, 5.74) is 1.25. The molecule has 1 fully saturated rings. The zero-order valence-electron chi connectivity index (χ0n) is 8.10. The molecule has 1 aromatic carbocycles. The zero-order valence-corrected chi connectivity index (χ0v) is 9.74. The van der Waals surface area contributed by atoms with Gasteiger partial charge in [0.25, 0.3) is 0 Å². The highest BCUT2D eigenvalue weighted by Gasteiger charge is 2.11. The van der Waals surface area contributed by atoms with E-state index in [9.17, 15) is 0 Å². The third-order valence-corrected chi connectivity index (χ3v) is 4.40. The molecule has 0 aromatic heterocycles. The van der Waals surface area contributed by atoms with Gasteiger partial charge < -0.3 is 9.64 Å². The second-order valence-corrected chi connectivity index (χ2v) is 5.30. The van der Waals surface area contributed by atoms with Crippen LogP contribution in [0.1, 0.15) is 0 Å². The summed E-state index contributed by atoms with van der Waals surface area (Å²) in [4.78, 5) is 2.36. The zero-order chi connectivity index (χ0) is 9.80. The number of benzene rings is 1. The maximum absolute atomic E-state index is 5.21. The number of thioether (sulfide) groups is 2.